The summed E-state index contributed by atoms with van der Waals surface area (Å²) in [6, 6.07) is 0.457. The van der Waals surface area contributed by atoms with Crippen molar-refractivity contribution in [3.63, 3.8) is 0 Å². The van der Waals surface area contributed by atoms with Crippen LogP contribution >= 0.6 is 11.3 Å². The lowest BCUT2D eigenvalue weighted by Gasteiger charge is -2.38. The van der Waals surface area contributed by atoms with Crippen molar-refractivity contribution in [1.82, 2.24) is 14.8 Å². The quantitative estimate of drug-likeness (QED) is 0.885. The fourth-order valence-corrected chi connectivity index (χ4v) is 3.12. The number of nitrogens with zero attached hydrogens (tertiary/aromatic N) is 3. The van der Waals surface area contributed by atoms with Crippen LogP contribution in [0.2, 0.25) is 0 Å². The molecule has 1 aliphatic heterocycles. The normalized spacial score (nSPS) is 24.3. The average Bonchev–Trinajstić information content (AvgIpc) is 2.69. The molecule has 102 valence electrons. The Morgan fingerprint density at radius 3 is 2.94 bits per heavy atom. The van der Waals surface area contributed by atoms with Crippen molar-refractivity contribution in [3.8, 4) is 0 Å². The monoisotopic (exact) mass is 269 g/mol. The van der Waals surface area contributed by atoms with Crippen LogP contribution in [0.1, 0.15) is 17.1 Å². The van der Waals surface area contributed by atoms with Gasteiger partial charge in [0.25, 0.3) is 0 Å². The Hall–Kier alpha value is -0.490. The van der Waals surface area contributed by atoms with Crippen molar-refractivity contribution < 1.29 is 5.11 Å². The number of aliphatic hydroxyl groups is 1. The Kier molecular flexibility index (Phi) is 4.72. The van der Waals surface area contributed by atoms with Crippen molar-refractivity contribution in [2.45, 2.75) is 31.9 Å². The molecular weight excluding hydrogens is 246 g/mol. The van der Waals surface area contributed by atoms with Gasteiger partial charge < -0.3 is 14.9 Å². The van der Waals surface area contributed by atoms with Gasteiger partial charge in [0, 0.05) is 37.5 Å². The van der Waals surface area contributed by atoms with E-state index in [2.05, 4.69) is 34.3 Å². The average molecular weight is 269 g/mol. The summed E-state index contributed by atoms with van der Waals surface area (Å²) in [5, 5.41) is 13.3. The third kappa shape index (κ3) is 3.75. The highest BCUT2D eigenvalue weighted by Crippen LogP contribution is 2.16. The molecule has 18 heavy (non-hydrogen) atoms. The van der Waals surface area contributed by atoms with E-state index < -0.39 is 0 Å². The molecule has 1 fully saturated rings. The van der Waals surface area contributed by atoms with Gasteiger partial charge >= 0.3 is 0 Å². The largest absolute Gasteiger partial charge is 0.393 e. The number of aryl methyl sites for hydroxylation is 1. The van der Waals surface area contributed by atoms with Crippen LogP contribution in [0.3, 0.4) is 0 Å². The lowest BCUT2D eigenvalue weighted by atomic mass is 10.0. The van der Waals surface area contributed by atoms with Crippen molar-refractivity contribution in [1.29, 1.82) is 0 Å². The van der Waals surface area contributed by atoms with Crippen LogP contribution < -0.4 is 0 Å². The molecule has 2 atom stereocenters. The number of piperazine rings is 1. The van der Waals surface area contributed by atoms with Gasteiger partial charge in [-0.15, -0.1) is 11.3 Å². The molecule has 0 bridgehead atoms. The van der Waals surface area contributed by atoms with Gasteiger partial charge in [0.1, 0.15) is 0 Å². The highest BCUT2D eigenvalue weighted by atomic mass is 32.1. The van der Waals surface area contributed by atoms with Crippen LogP contribution in [-0.4, -0.2) is 65.8 Å². The highest BCUT2D eigenvalue weighted by Gasteiger charge is 2.24. The molecule has 1 aromatic rings. The molecule has 0 radical (unpaired) electrons. The number of rotatable bonds is 4. The zero-order valence-electron chi connectivity index (χ0n) is 11.5. The Morgan fingerprint density at radius 1 is 1.50 bits per heavy atom. The molecule has 0 amide bonds. The number of aliphatic hydroxyl groups excluding tert-OH is 1. The second-order valence-electron chi connectivity index (χ2n) is 5.35. The van der Waals surface area contributed by atoms with Crippen LogP contribution in [0.15, 0.2) is 5.38 Å². The lowest BCUT2D eigenvalue weighted by Crippen LogP contribution is -2.51. The zero-order valence-corrected chi connectivity index (χ0v) is 12.3. The fraction of sp³-hybridized carbons (Fsp3) is 0.769. The molecule has 4 nitrogen and oxygen atoms in total. The zero-order chi connectivity index (χ0) is 13.1. The minimum absolute atomic E-state index is 0.287. The summed E-state index contributed by atoms with van der Waals surface area (Å²) in [6.07, 6.45) is 1.22. The molecule has 2 heterocycles. The predicted octanol–water partition coefficient (Wildman–Crippen LogP) is 0.991. The number of hydrogen-bond donors (Lipinski definition) is 1. The van der Waals surface area contributed by atoms with Gasteiger partial charge in [-0.25, -0.2) is 4.98 Å². The molecule has 0 spiro atoms. The van der Waals surface area contributed by atoms with Crippen LogP contribution in [0.25, 0.3) is 0 Å². The van der Waals surface area contributed by atoms with E-state index in [0.29, 0.717) is 12.5 Å². The first-order valence-electron chi connectivity index (χ1n) is 6.52. The molecular formula is C13H23N3OS. The third-order valence-electron chi connectivity index (χ3n) is 3.64. The van der Waals surface area contributed by atoms with E-state index in [1.54, 1.807) is 11.3 Å². The van der Waals surface area contributed by atoms with Crippen molar-refractivity contribution in [2.24, 2.45) is 0 Å². The molecule has 1 N–H and O–H groups in total. The minimum atomic E-state index is -0.287. The van der Waals surface area contributed by atoms with Crippen molar-refractivity contribution >= 4 is 11.3 Å². The molecule has 1 aromatic heterocycles. The van der Waals surface area contributed by atoms with Gasteiger partial charge in [-0.05, 0) is 27.4 Å². The number of likely N-dealkylation sites (N-methyl/N-ethyl adjacent to an activating group) is 2. The molecule has 1 saturated heterocycles. The number of aromatic nitrogens is 1. The molecule has 0 aromatic carbocycles. The third-order valence-corrected chi connectivity index (χ3v) is 4.46. The summed E-state index contributed by atoms with van der Waals surface area (Å²) >= 11 is 1.65. The van der Waals surface area contributed by atoms with E-state index in [9.17, 15) is 5.11 Å². The van der Waals surface area contributed by atoms with Gasteiger partial charge in [-0.1, -0.05) is 0 Å². The van der Waals surface area contributed by atoms with Gasteiger partial charge in [0.2, 0.25) is 0 Å². The Bertz CT molecular complexity index is 382. The van der Waals surface area contributed by atoms with Gasteiger partial charge in [0.05, 0.1) is 16.8 Å². The second-order valence-corrected chi connectivity index (χ2v) is 6.41. The maximum absolute atomic E-state index is 10.2. The molecule has 5 heteroatoms. The molecule has 2 unspecified atom stereocenters. The van der Waals surface area contributed by atoms with Crippen molar-refractivity contribution in [3.05, 3.63) is 16.1 Å². The molecule has 1 aliphatic rings. The summed E-state index contributed by atoms with van der Waals surface area (Å²) in [6.45, 7) is 5.26. The fourth-order valence-electron chi connectivity index (χ4n) is 2.50. The van der Waals surface area contributed by atoms with Gasteiger partial charge in [-0.2, -0.15) is 0 Å². The van der Waals surface area contributed by atoms with Crippen molar-refractivity contribution in [2.75, 3.05) is 33.7 Å². The second kappa shape index (κ2) is 6.10. The number of hydrogen-bond acceptors (Lipinski definition) is 5. The maximum atomic E-state index is 10.2. The number of thiazole rings is 1. The van der Waals surface area contributed by atoms with Crippen LogP contribution in [0.5, 0.6) is 0 Å². The smallest absolute Gasteiger partial charge is 0.0897 e. The van der Waals surface area contributed by atoms with E-state index in [1.165, 1.54) is 0 Å². The standard InChI is InChI=1S/C13H23N3OS/c1-10-14-11(9-18-10)6-13(17)7-12-8-15(2)4-5-16(12)3/h9,12-13,17H,4-8H2,1-3H3. The van der Waals surface area contributed by atoms with E-state index in [-0.39, 0.29) is 6.10 Å². The summed E-state index contributed by atoms with van der Waals surface area (Å²) in [4.78, 5) is 9.11. The van der Waals surface area contributed by atoms with E-state index in [4.69, 9.17) is 0 Å². The highest BCUT2D eigenvalue weighted by molar-refractivity contribution is 7.09. The Morgan fingerprint density at radius 2 is 2.28 bits per heavy atom. The minimum Gasteiger partial charge on any atom is -0.393 e. The molecule has 0 saturated carbocycles. The van der Waals surface area contributed by atoms with Gasteiger partial charge in [0.15, 0.2) is 0 Å². The van der Waals surface area contributed by atoms with Crippen LogP contribution in [-0.2, 0) is 6.42 Å². The summed E-state index contributed by atoms with van der Waals surface area (Å²) < 4.78 is 0. The van der Waals surface area contributed by atoms with E-state index >= 15 is 0 Å². The summed E-state index contributed by atoms with van der Waals surface area (Å²) in [7, 11) is 4.30. The molecule has 2 rings (SSSR count). The SMILES string of the molecule is Cc1nc(CC(O)CC2CN(C)CCN2C)cs1. The van der Waals surface area contributed by atoms with E-state index in [0.717, 1.165) is 36.8 Å². The maximum Gasteiger partial charge on any atom is 0.0897 e. The first-order chi connectivity index (χ1) is 8.54. The van der Waals surface area contributed by atoms with Crippen LogP contribution in [0, 0.1) is 6.92 Å². The van der Waals surface area contributed by atoms with Gasteiger partial charge in [-0.3, -0.25) is 0 Å². The summed E-state index contributed by atoms with van der Waals surface area (Å²) in [5.74, 6) is 0. The first-order valence-corrected chi connectivity index (χ1v) is 7.40. The topological polar surface area (TPSA) is 39.6 Å². The lowest BCUT2D eigenvalue weighted by molar-refractivity contribution is 0.0636. The molecule has 0 aliphatic carbocycles. The Labute approximate surface area is 113 Å². The van der Waals surface area contributed by atoms with Crippen LogP contribution in [0.4, 0.5) is 0 Å². The Balaban J connectivity index is 1.84. The summed E-state index contributed by atoms with van der Waals surface area (Å²) in [5.41, 5.74) is 1.02. The first kappa shape index (κ1) is 13.9. The van der Waals surface area contributed by atoms with E-state index in [1.807, 2.05) is 6.92 Å². The predicted molar refractivity (Wildman–Crippen MR) is 75.1 cm³/mol.